The second kappa shape index (κ2) is 8.31. The van der Waals surface area contributed by atoms with Gasteiger partial charge in [-0.25, -0.2) is 0 Å². The van der Waals surface area contributed by atoms with Crippen LogP contribution in [0.5, 0.6) is 0 Å². The number of rotatable bonds is 7. The molecule has 2 atom stereocenters. The number of amides is 1. The Morgan fingerprint density at radius 1 is 1.26 bits per heavy atom. The molecule has 1 aromatic heterocycles. The first-order valence-corrected chi connectivity index (χ1v) is 10.7. The van der Waals surface area contributed by atoms with Crippen LogP contribution in [0.4, 0.5) is 5.13 Å². The van der Waals surface area contributed by atoms with E-state index >= 15 is 0 Å². The first kappa shape index (κ1) is 20.3. The Kier molecular flexibility index (Phi) is 6.25. The quantitative estimate of drug-likeness (QED) is 0.369. The molecule has 27 heavy (non-hydrogen) atoms. The van der Waals surface area contributed by atoms with Gasteiger partial charge >= 0.3 is 0 Å². The van der Waals surface area contributed by atoms with Gasteiger partial charge in [0.05, 0.1) is 11.7 Å². The van der Waals surface area contributed by atoms with Gasteiger partial charge in [0.15, 0.2) is 10.1 Å². The number of carbonyl (C=O) groups excluding carboxylic acids is 2. The second-order valence-electron chi connectivity index (χ2n) is 6.72. The lowest BCUT2D eigenvalue weighted by atomic mass is 10.1. The third-order valence-electron chi connectivity index (χ3n) is 4.56. The van der Waals surface area contributed by atoms with Crippen LogP contribution in [0.3, 0.4) is 0 Å². The molecule has 0 aliphatic heterocycles. The van der Waals surface area contributed by atoms with E-state index in [4.69, 9.17) is 23.2 Å². The molecular weight excluding hydrogens is 425 g/mol. The standard InChI is InChI=1S/C18H17Cl2N3O2S2/c1-18(2)11(8-13(19)20)14(18)15(25)21-16-22-23-17(27-16)26-9-12(24)10-6-4-3-5-7-10/h3-8,11,14H,9H2,1-2H3,(H,21,22,25)/t11-,14+/m1/s1. The molecule has 5 nitrogen and oxygen atoms in total. The molecule has 1 N–H and O–H groups in total. The number of hydrogen-bond donors (Lipinski definition) is 1. The van der Waals surface area contributed by atoms with Gasteiger partial charge in [-0.05, 0) is 17.4 Å². The minimum Gasteiger partial charge on any atom is -0.300 e. The molecule has 0 saturated heterocycles. The normalized spacial score (nSPS) is 20.0. The van der Waals surface area contributed by atoms with E-state index in [1.165, 1.54) is 23.1 Å². The van der Waals surface area contributed by atoms with Gasteiger partial charge in [-0.1, -0.05) is 90.5 Å². The molecule has 1 saturated carbocycles. The SMILES string of the molecule is CC1(C)[C@H](C=C(Cl)Cl)[C@H]1C(=O)Nc1nnc(SCC(=O)c2ccccc2)s1. The van der Waals surface area contributed by atoms with Gasteiger partial charge in [-0.3, -0.25) is 9.59 Å². The molecule has 0 bridgehead atoms. The zero-order chi connectivity index (χ0) is 19.6. The molecule has 1 heterocycles. The Balaban J connectivity index is 1.55. The largest absolute Gasteiger partial charge is 0.300 e. The van der Waals surface area contributed by atoms with Crippen LogP contribution in [0.2, 0.25) is 0 Å². The van der Waals surface area contributed by atoms with Crippen molar-refractivity contribution in [3.05, 3.63) is 46.5 Å². The van der Waals surface area contributed by atoms with Crippen molar-refractivity contribution in [2.75, 3.05) is 11.1 Å². The number of aromatic nitrogens is 2. The number of ketones is 1. The minimum atomic E-state index is -0.218. The topological polar surface area (TPSA) is 72.0 Å². The third kappa shape index (κ3) is 4.90. The number of nitrogens with zero attached hydrogens (tertiary/aromatic N) is 2. The summed E-state index contributed by atoms with van der Waals surface area (Å²) in [5.41, 5.74) is 0.458. The van der Waals surface area contributed by atoms with Crippen LogP contribution in [0.15, 0.2) is 45.2 Å². The lowest BCUT2D eigenvalue weighted by Gasteiger charge is -2.01. The highest BCUT2D eigenvalue weighted by Crippen LogP contribution is 2.60. The van der Waals surface area contributed by atoms with E-state index < -0.39 is 0 Å². The molecule has 0 unspecified atom stereocenters. The summed E-state index contributed by atoms with van der Waals surface area (Å²) >= 11 is 14.0. The maximum absolute atomic E-state index is 12.5. The van der Waals surface area contributed by atoms with Crippen LogP contribution in [0.25, 0.3) is 0 Å². The van der Waals surface area contributed by atoms with Gasteiger partial charge in [0.25, 0.3) is 0 Å². The number of allylic oxidation sites excluding steroid dienone is 1. The summed E-state index contributed by atoms with van der Waals surface area (Å²) in [7, 11) is 0. The number of nitrogens with one attached hydrogen (secondary N) is 1. The van der Waals surface area contributed by atoms with E-state index in [-0.39, 0.29) is 39.2 Å². The van der Waals surface area contributed by atoms with E-state index in [0.29, 0.717) is 15.0 Å². The number of carbonyl (C=O) groups is 2. The van der Waals surface area contributed by atoms with Gasteiger partial charge in [-0.15, -0.1) is 10.2 Å². The number of Topliss-reactive ketones (excluding diaryl/α,β-unsaturated/α-hetero) is 1. The highest BCUT2D eigenvalue weighted by molar-refractivity contribution is 8.01. The molecule has 1 aliphatic carbocycles. The molecular formula is C18H17Cl2N3O2S2. The van der Waals surface area contributed by atoms with Crippen LogP contribution >= 0.6 is 46.3 Å². The van der Waals surface area contributed by atoms with E-state index in [9.17, 15) is 9.59 Å². The molecule has 2 aromatic rings. The maximum Gasteiger partial charge on any atom is 0.230 e. The van der Waals surface area contributed by atoms with Crippen LogP contribution in [0.1, 0.15) is 24.2 Å². The molecule has 142 valence electrons. The zero-order valence-corrected chi connectivity index (χ0v) is 17.8. The van der Waals surface area contributed by atoms with Crippen LogP contribution < -0.4 is 5.32 Å². The number of thioether (sulfide) groups is 1. The Bertz CT molecular complexity index is 880. The number of anilines is 1. The summed E-state index contributed by atoms with van der Waals surface area (Å²) in [6.45, 7) is 3.98. The summed E-state index contributed by atoms with van der Waals surface area (Å²) in [6, 6.07) is 9.09. The first-order chi connectivity index (χ1) is 12.8. The monoisotopic (exact) mass is 441 g/mol. The average Bonchev–Trinajstić information content (AvgIpc) is 2.94. The van der Waals surface area contributed by atoms with Crippen molar-refractivity contribution in [2.24, 2.45) is 17.3 Å². The first-order valence-electron chi connectivity index (χ1n) is 8.17. The van der Waals surface area contributed by atoms with Gasteiger partial charge in [0.2, 0.25) is 11.0 Å². The van der Waals surface area contributed by atoms with Crippen molar-refractivity contribution in [3.63, 3.8) is 0 Å². The summed E-state index contributed by atoms with van der Waals surface area (Å²) in [4.78, 5) is 24.6. The van der Waals surface area contributed by atoms with Gasteiger partial charge in [0, 0.05) is 5.56 Å². The predicted molar refractivity (Wildman–Crippen MR) is 111 cm³/mol. The van der Waals surface area contributed by atoms with Gasteiger partial charge in [0.1, 0.15) is 4.49 Å². The zero-order valence-electron chi connectivity index (χ0n) is 14.6. The number of benzene rings is 1. The van der Waals surface area contributed by atoms with Crippen molar-refractivity contribution >= 4 is 63.1 Å². The fraction of sp³-hybridized carbons (Fsp3) is 0.333. The summed E-state index contributed by atoms with van der Waals surface area (Å²) in [5, 5.41) is 11.2. The molecule has 1 fully saturated rings. The van der Waals surface area contributed by atoms with E-state index in [1.54, 1.807) is 18.2 Å². The van der Waals surface area contributed by atoms with Crippen molar-refractivity contribution in [2.45, 2.75) is 18.2 Å². The summed E-state index contributed by atoms with van der Waals surface area (Å²) in [5.74, 6) is -0.0707. The predicted octanol–water partition coefficient (Wildman–Crippen LogP) is 5.04. The summed E-state index contributed by atoms with van der Waals surface area (Å²) in [6.07, 6.45) is 1.70. The lowest BCUT2D eigenvalue weighted by molar-refractivity contribution is -0.118. The lowest BCUT2D eigenvalue weighted by Crippen LogP contribution is -2.16. The van der Waals surface area contributed by atoms with E-state index in [1.807, 2.05) is 32.0 Å². The molecule has 1 aliphatic rings. The van der Waals surface area contributed by atoms with Crippen LogP contribution in [-0.4, -0.2) is 27.6 Å². The molecule has 0 radical (unpaired) electrons. The number of hydrogen-bond acceptors (Lipinski definition) is 6. The highest BCUT2D eigenvalue weighted by Gasteiger charge is 2.60. The smallest absolute Gasteiger partial charge is 0.230 e. The number of halogens is 2. The van der Waals surface area contributed by atoms with Crippen molar-refractivity contribution in [1.82, 2.24) is 10.2 Å². The maximum atomic E-state index is 12.5. The summed E-state index contributed by atoms with van der Waals surface area (Å²) < 4.78 is 0.797. The van der Waals surface area contributed by atoms with Gasteiger partial charge < -0.3 is 5.32 Å². The fourth-order valence-corrected chi connectivity index (χ4v) is 4.88. The molecule has 1 aromatic carbocycles. The van der Waals surface area contributed by atoms with Crippen molar-refractivity contribution in [1.29, 1.82) is 0 Å². The Morgan fingerprint density at radius 2 is 1.96 bits per heavy atom. The fourth-order valence-electron chi connectivity index (χ4n) is 2.96. The minimum absolute atomic E-state index is 0.00670. The average molecular weight is 442 g/mol. The van der Waals surface area contributed by atoms with E-state index in [0.717, 1.165) is 0 Å². The Hall–Kier alpha value is -1.41. The van der Waals surface area contributed by atoms with Crippen LogP contribution in [0, 0.1) is 17.3 Å². The molecule has 3 rings (SSSR count). The molecule has 0 spiro atoms. The van der Waals surface area contributed by atoms with Gasteiger partial charge in [-0.2, -0.15) is 0 Å². The van der Waals surface area contributed by atoms with Crippen LogP contribution in [-0.2, 0) is 4.79 Å². The Morgan fingerprint density at radius 3 is 2.63 bits per heavy atom. The Labute approximate surface area is 175 Å². The van der Waals surface area contributed by atoms with Crippen molar-refractivity contribution < 1.29 is 9.59 Å². The van der Waals surface area contributed by atoms with Crippen molar-refractivity contribution in [3.8, 4) is 0 Å². The highest BCUT2D eigenvalue weighted by atomic mass is 35.5. The third-order valence-corrected chi connectivity index (χ3v) is 6.78. The molecule has 1 amide bonds. The van der Waals surface area contributed by atoms with E-state index in [2.05, 4.69) is 15.5 Å². The molecule has 9 heteroatoms. The second-order valence-corrected chi connectivity index (χ2v) is 9.93.